The van der Waals surface area contributed by atoms with Gasteiger partial charge in [0.05, 0.1) is 29.1 Å². The number of benzene rings is 2. The van der Waals surface area contributed by atoms with E-state index in [0.717, 1.165) is 10.6 Å². The average Bonchev–Trinajstić information content (AvgIpc) is 3.49. The number of carbonyl (C=O) groups excluding carboxylic acids is 2. The molecule has 252 valence electrons. The van der Waals surface area contributed by atoms with Crippen LogP contribution >= 0.6 is 12.4 Å². The lowest BCUT2D eigenvalue weighted by atomic mass is 9.96. The average molecular weight is 670 g/mol. The number of nitrogens with two attached hydrogens (primary N) is 1. The molecule has 0 saturated carbocycles. The summed E-state index contributed by atoms with van der Waals surface area (Å²) >= 11 is 0. The van der Waals surface area contributed by atoms with Gasteiger partial charge in [0.15, 0.2) is 11.5 Å². The van der Waals surface area contributed by atoms with Gasteiger partial charge in [0.2, 0.25) is 16.8 Å². The minimum atomic E-state index is -4.13. The maximum Gasteiger partial charge on any atom is 0.258 e. The molecule has 2 aromatic carbocycles. The lowest BCUT2D eigenvalue weighted by Crippen LogP contribution is -2.64. The third-order valence-corrected chi connectivity index (χ3v) is 9.67. The van der Waals surface area contributed by atoms with E-state index in [9.17, 15) is 23.1 Å². The van der Waals surface area contributed by atoms with Crippen LogP contribution in [0.1, 0.15) is 46.6 Å². The van der Waals surface area contributed by atoms with Crippen LogP contribution in [0.25, 0.3) is 0 Å². The van der Waals surface area contributed by atoms with E-state index >= 15 is 0 Å². The highest BCUT2D eigenvalue weighted by Gasteiger charge is 2.39. The van der Waals surface area contributed by atoms with Gasteiger partial charge in [0.25, 0.3) is 11.8 Å². The zero-order valence-corrected chi connectivity index (χ0v) is 28.4. The number of sulfonamides is 1. The van der Waals surface area contributed by atoms with Crippen molar-refractivity contribution in [1.82, 2.24) is 20.1 Å². The quantitative estimate of drug-likeness (QED) is 0.208. The number of amides is 2. The summed E-state index contributed by atoms with van der Waals surface area (Å²) in [7, 11) is -2.51. The van der Waals surface area contributed by atoms with E-state index in [1.54, 1.807) is 14.0 Å². The number of hydrogen-bond acceptors (Lipinski definition) is 9. The van der Waals surface area contributed by atoms with E-state index in [-0.39, 0.29) is 55.4 Å². The third kappa shape index (κ3) is 9.77. The van der Waals surface area contributed by atoms with Crippen molar-refractivity contribution in [3.63, 3.8) is 0 Å². The minimum Gasteiger partial charge on any atom is -0.454 e. The molecule has 1 aliphatic heterocycles. The normalized spacial score (nSPS) is 16.0. The first-order chi connectivity index (χ1) is 20.8. The van der Waals surface area contributed by atoms with Crippen molar-refractivity contribution in [2.45, 2.75) is 76.6 Å². The molecular formula is C31H48ClN5O7S. The molecule has 0 aromatic heterocycles. The zero-order valence-electron chi connectivity index (χ0n) is 26.8. The summed E-state index contributed by atoms with van der Waals surface area (Å²) in [6.07, 6.45) is -0.686. The van der Waals surface area contributed by atoms with E-state index in [2.05, 4.69) is 10.7 Å². The molecule has 2 amide bonds. The van der Waals surface area contributed by atoms with Crippen LogP contribution in [0.4, 0.5) is 0 Å². The molecule has 12 nitrogen and oxygen atoms in total. The number of fused-ring (bicyclic) bond motifs is 1. The first kappa shape index (κ1) is 38.2. The number of aliphatic hydroxyl groups excluding tert-OH is 1. The Morgan fingerprint density at radius 1 is 1.02 bits per heavy atom. The Labute approximate surface area is 273 Å². The van der Waals surface area contributed by atoms with Crippen LogP contribution in [-0.4, -0.2) is 85.8 Å². The number of hydrazine groups is 1. The third-order valence-electron chi connectivity index (χ3n) is 7.84. The Bertz CT molecular complexity index is 1370. The standard InChI is InChI=1S/C31H47N5O7S.ClH/c1-7-21(4)29(32)31(39)36(34-30(38)22(5)33-6)25(15-23-11-9-8-10-12-23)26(37)18-35(17-20(2)3)44(40,41)24-13-14-27-28(16-24)43-19-42-27;/h8-14,16,20-22,25-26,29,33,37H,7,15,17-19,32H2,1-6H3,(H,34,38);1H/t21-,22+,25-,26+,29-;/m0./s1. The molecule has 0 aliphatic carbocycles. The number of nitrogens with one attached hydrogen (secondary N) is 2. The van der Waals surface area contributed by atoms with Gasteiger partial charge in [-0.05, 0) is 49.9 Å². The van der Waals surface area contributed by atoms with Crippen molar-refractivity contribution in [1.29, 1.82) is 0 Å². The maximum absolute atomic E-state index is 14.0. The molecule has 2 aromatic rings. The van der Waals surface area contributed by atoms with E-state index < -0.39 is 46.1 Å². The lowest BCUT2D eigenvalue weighted by molar-refractivity contribution is -0.150. The number of rotatable bonds is 15. The second-order valence-electron chi connectivity index (χ2n) is 11.7. The monoisotopic (exact) mass is 669 g/mol. The molecule has 0 bridgehead atoms. The van der Waals surface area contributed by atoms with Crippen molar-refractivity contribution >= 4 is 34.2 Å². The molecule has 0 fully saturated rings. The van der Waals surface area contributed by atoms with Crippen molar-refractivity contribution in [3.8, 4) is 11.5 Å². The molecule has 3 rings (SSSR count). The first-order valence-corrected chi connectivity index (χ1v) is 16.4. The molecule has 0 spiro atoms. The number of ether oxygens (including phenoxy) is 2. The molecule has 0 saturated heterocycles. The summed E-state index contributed by atoms with van der Waals surface area (Å²) in [5, 5.41) is 15.8. The topological polar surface area (TPSA) is 164 Å². The Kier molecular flexibility index (Phi) is 14.5. The van der Waals surface area contributed by atoms with Crippen molar-refractivity contribution < 1.29 is 32.6 Å². The largest absolute Gasteiger partial charge is 0.454 e. The van der Waals surface area contributed by atoms with Gasteiger partial charge in [-0.15, -0.1) is 12.4 Å². The number of carbonyl (C=O) groups is 2. The lowest BCUT2D eigenvalue weighted by Gasteiger charge is -2.39. The van der Waals surface area contributed by atoms with Gasteiger partial charge in [-0.25, -0.2) is 13.4 Å². The van der Waals surface area contributed by atoms with Crippen LogP contribution in [0, 0.1) is 11.8 Å². The van der Waals surface area contributed by atoms with Gasteiger partial charge in [-0.2, -0.15) is 4.31 Å². The number of aliphatic hydroxyl groups is 1. The summed E-state index contributed by atoms with van der Waals surface area (Å²) < 4.78 is 39.9. The molecule has 5 N–H and O–H groups in total. The van der Waals surface area contributed by atoms with E-state index in [4.69, 9.17) is 15.2 Å². The number of nitrogens with zero attached hydrogens (tertiary/aromatic N) is 2. The molecule has 45 heavy (non-hydrogen) atoms. The molecule has 1 aliphatic rings. The maximum atomic E-state index is 14.0. The van der Waals surface area contributed by atoms with Crippen LogP contribution in [0.15, 0.2) is 53.4 Å². The van der Waals surface area contributed by atoms with E-state index in [1.807, 2.05) is 58.0 Å². The van der Waals surface area contributed by atoms with E-state index in [0.29, 0.717) is 17.9 Å². The fourth-order valence-electron chi connectivity index (χ4n) is 4.76. The summed E-state index contributed by atoms with van der Waals surface area (Å²) in [6, 6.07) is 10.8. The highest BCUT2D eigenvalue weighted by molar-refractivity contribution is 7.89. The molecule has 0 radical (unpaired) electrons. The molecule has 5 atom stereocenters. The number of likely N-dealkylation sites (N-methyl/N-ethyl adjacent to an activating group) is 1. The Balaban J connectivity index is 0.00000705. The Hall–Kier alpha value is -2.94. The van der Waals surface area contributed by atoms with Gasteiger partial charge < -0.3 is 25.6 Å². The SMILES string of the molecule is CC[C@H](C)[C@H](N)C(=O)N(NC(=O)[C@@H](C)NC)[C@@H](Cc1ccccc1)[C@H](O)CN(CC(C)C)S(=O)(=O)c1ccc2c(c1)OCO2.Cl. The van der Waals surface area contributed by atoms with Crippen LogP contribution in [-0.2, 0) is 26.0 Å². The van der Waals surface area contributed by atoms with E-state index in [1.165, 1.54) is 22.5 Å². The summed E-state index contributed by atoms with van der Waals surface area (Å²) in [6.45, 7) is 8.86. The predicted octanol–water partition coefficient (Wildman–Crippen LogP) is 2.30. The number of hydrogen-bond donors (Lipinski definition) is 4. The van der Waals surface area contributed by atoms with Crippen LogP contribution in [0.3, 0.4) is 0 Å². The molecular weight excluding hydrogens is 622 g/mol. The van der Waals surface area contributed by atoms with Crippen molar-refractivity contribution in [3.05, 3.63) is 54.1 Å². The zero-order chi connectivity index (χ0) is 32.6. The van der Waals surface area contributed by atoms with Crippen LogP contribution in [0.5, 0.6) is 11.5 Å². The van der Waals surface area contributed by atoms with Crippen molar-refractivity contribution in [2.24, 2.45) is 17.6 Å². The fraction of sp³-hybridized carbons (Fsp3) is 0.548. The minimum absolute atomic E-state index is 0. The Morgan fingerprint density at radius 2 is 1.67 bits per heavy atom. The van der Waals surface area contributed by atoms with Crippen LogP contribution in [0.2, 0.25) is 0 Å². The summed E-state index contributed by atoms with van der Waals surface area (Å²) in [5.74, 6) is -0.635. The summed E-state index contributed by atoms with van der Waals surface area (Å²) in [5.41, 5.74) is 9.84. The van der Waals surface area contributed by atoms with Crippen LogP contribution < -0.4 is 25.9 Å². The van der Waals surface area contributed by atoms with Gasteiger partial charge >= 0.3 is 0 Å². The first-order valence-electron chi connectivity index (χ1n) is 15.0. The molecule has 0 unspecified atom stereocenters. The Morgan fingerprint density at radius 3 is 2.27 bits per heavy atom. The second kappa shape index (κ2) is 17.1. The molecule has 14 heteroatoms. The second-order valence-corrected chi connectivity index (χ2v) is 13.6. The van der Waals surface area contributed by atoms with Gasteiger partial charge in [0, 0.05) is 19.2 Å². The van der Waals surface area contributed by atoms with Gasteiger partial charge in [-0.3, -0.25) is 15.0 Å². The van der Waals surface area contributed by atoms with Crippen molar-refractivity contribution in [2.75, 3.05) is 26.9 Å². The molecule has 1 heterocycles. The smallest absolute Gasteiger partial charge is 0.258 e. The highest BCUT2D eigenvalue weighted by Crippen LogP contribution is 2.35. The van der Waals surface area contributed by atoms with Gasteiger partial charge in [-0.1, -0.05) is 64.4 Å². The number of halogens is 1. The predicted molar refractivity (Wildman–Crippen MR) is 174 cm³/mol. The van der Waals surface area contributed by atoms with Gasteiger partial charge in [0.1, 0.15) is 0 Å². The highest BCUT2D eigenvalue weighted by atomic mass is 35.5. The summed E-state index contributed by atoms with van der Waals surface area (Å²) in [4.78, 5) is 27.0. The fourth-order valence-corrected chi connectivity index (χ4v) is 6.39.